The molecule has 0 unspecified atom stereocenters. The van der Waals surface area contributed by atoms with Crippen molar-refractivity contribution < 1.29 is 4.42 Å². The second kappa shape index (κ2) is 22.5. The first kappa shape index (κ1) is 61.2. The smallest absolute Gasteiger partial charge is 0.220 e. The van der Waals surface area contributed by atoms with Crippen molar-refractivity contribution in [2.45, 2.75) is 0 Å². The summed E-state index contributed by atoms with van der Waals surface area (Å²) in [5.41, 5.74) is 26.4. The molecule has 19 aromatic carbocycles. The van der Waals surface area contributed by atoms with E-state index in [1.165, 1.54) is 174 Å². The average molecular weight is 1460 g/mol. The minimum Gasteiger partial charge on any atom is -0.456 e. The number of rotatable bonds is 3. The lowest BCUT2D eigenvalue weighted by atomic mass is 9.93. The highest BCUT2D eigenvalue weighted by molar-refractivity contribution is 6.24. The fourth-order valence-electron chi connectivity index (χ4n) is 19.7. The van der Waals surface area contributed by atoms with Crippen molar-refractivity contribution >= 4 is 219 Å². The largest absolute Gasteiger partial charge is 0.456 e. The molecule has 0 bridgehead atoms. The summed E-state index contributed by atoms with van der Waals surface area (Å²) in [7, 11) is 0. The highest BCUT2D eigenvalue weighted by Gasteiger charge is 2.28. The molecule has 10 heterocycles. The molecule has 0 saturated heterocycles. The fraction of sp³-hybridized carbons (Fsp3) is 0. The fourth-order valence-corrected chi connectivity index (χ4v) is 19.7. The van der Waals surface area contributed by atoms with E-state index in [4.69, 9.17) is 19.4 Å². The second-order valence-electron chi connectivity index (χ2n) is 31.1. The van der Waals surface area contributed by atoms with Crippen LogP contribution in [0.25, 0.3) is 252 Å². The zero-order valence-corrected chi connectivity index (χ0v) is 61.5. The number of benzene rings is 19. The van der Waals surface area contributed by atoms with Crippen LogP contribution in [0.3, 0.4) is 0 Å². The minimum absolute atomic E-state index is 0.911. The van der Waals surface area contributed by atoms with E-state index in [9.17, 15) is 0 Å². The van der Waals surface area contributed by atoms with Gasteiger partial charge in [0.15, 0.2) is 0 Å². The Balaban J connectivity index is 0.0000000942. The second-order valence-corrected chi connectivity index (χ2v) is 31.1. The lowest BCUT2D eigenvalue weighted by Gasteiger charge is -2.11. The number of fused-ring (bicyclic) bond motifs is 33. The van der Waals surface area contributed by atoms with Crippen molar-refractivity contribution in [1.29, 1.82) is 0 Å². The molecular weight excluding hydrogens is 1400 g/mol. The van der Waals surface area contributed by atoms with Crippen molar-refractivity contribution in [1.82, 2.24) is 41.4 Å². The first-order valence-corrected chi connectivity index (χ1v) is 39.3. The summed E-state index contributed by atoms with van der Waals surface area (Å²) in [4.78, 5) is 15.7. The SMILES string of the molecule is c1ccc(-c2ccccc2-c2cc3c4cc5ccccc5cc4n4c3c(c2)n2c3cc5ccccc5cc3nc24)cc1.c1ccc2cc3c(cc2c1)nc1n3c2cc(-c3ccc4oc5ccccc5c4c3)cc3c4cc5ccccc5cc4n1c32.c1ccc2cc3c(cc2c1)nc1n3c2cccc3c4cc5ccccc5cc4n1c32. The predicted octanol–water partition coefficient (Wildman–Crippen LogP) is 27.3. The van der Waals surface area contributed by atoms with Gasteiger partial charge in [-0.05, 0) is 219 Å². The van der Waals surface area contributed by atoms with Crippen LogP contribution >= 0.6 is 0 Å². The molecule has 29 rings (SSSR count). The number of para-hydroxylation sites is 2. The Labute approximate surface area is 651 Å². The molecule has 10 heteroatoms. The summed E-state index contributed by atoms with van der Waals surface area (Å²) in [6, 6.07) is 129. The van der Waals surface area contributed by atoms with Gasteiger partial charge in [-0.25, -0.2) is 15.0 Å². The lowest BCUT2D eigenvalue weighted by Crippen LogP contribution is -1.87. The molecule has 10 aromatic heterocycles. The highest BCUT2D eigenvalue weighted by Crippen LogP contribution is 2.47. The molecule has 0 atom stereocenters. The zero-order valence-electron chi connectivity index (χ0n) is 61.5. The lowest BCUT2D eigenvalue weighted by molar-refractivity contribution is 0.669. The van der Waals surface area contributed by atoms with Gasteiger partial charge in [0.1, 0.15) is 11.2 Å². The van der Waals surface area contributed by atoms with Crippen LogP contribution in [0.2, 0.25) is 0 Å². The van der Waals surface area contributed by atoms with E-state index in [0.717, 1.165) is 77.9 Å². The normalized spacial score (nSPS) is 12.5. The van der Waals surface area contributed by atoms with E-state index in [0.29, 0.717) is 0 Å². The molecule has 0 amide bonds. The van der Waals surface area contributed by atoms with Gasteiger partial charge in [0.2, 0.25) is 17.3 Å². The Morgan fingerprint density at radius 3 is 0.991 bits per heavy atom. The molecular formula is C105H59N9O. The standard InChI is InChI=1S/C39H21N3O.C39H23N3.C27H15N3/c1-3-9-24-19-33-29(15-22(24)7-1)31-17-27(26-13-14-37-30(16-26)28-11-5-6-12-36(28)43-37)21-35-38(31)42(33)39-40-32-18-23-8-2-4-10-25(23)20-34(32)41(35)39;1-2-10-24(11-3-1)30-16-8-9-17-31(30)29-19-33-32-18-25-12-4-6-14-27(25)21-35(32)42-38(33)37(23-29)41-36-22-28-15-7-5-13-26(28)20-34(36)40-39(41)42;1-3-8-18-14-24-21(12-16(18)6-1)20-10-5-11-23-26(20)30(24)27-28-22-13-17-7-2-4-9-19(17)15-25(22)29(23)27/h1-21H;1-23H;1-15H. The van der Waals surface area contributed by atoms with Crippen LogP contribution in [-0.2, 0) is 0 Å². The predicted molar refractivity (Wildman–Crippen MR) is 478 cm³/mol. The highest BCUT2D eigenvalue weighted by atomic mass is 16.3. The Morgan fingerprint density at radius 1 is 0.174 bits per heavy atom. The first-order chi connectivity index (χ1) is 57.0. The van der Waals surface area contributed by atoms with Crippen molar-refractivity contribution in [2.24, 2.45) is 0 Å². The van der Waals surface area contributed by atoms with Gasteiger partial charge in [-0.2, -0.15) is 0 Å². The number of aromatic nitrogens is 9. The maximum absolute atomic E-state index is 6.16. The summed E-state index contributed by atoms with van der Waals surface area (Å²) in [6.45, 7) is 0. The summed E-state index contributed by atoms with van der Waals surface area (Å²) >= 11 is 0. The third-order valence-corrected chi connectivity index (χ3v) is 24.9. The van der Waals surface area contributed by atoms with Gasteiger partial charge >= 0.3 is 0 Å². The maximum Gasteiger partial charge on any atom is 0.220 e. The Hall–Kier alpha value is -15.7. The molecule has 0 saturated carbocycles. The van der Waals surface area contributed by atoms with E-state index >= 15 is 0 Å². The molecule has 10 nitrogen and oxygen atoms in total. The van der Waals surface area contributed by atoms with Crippen LogP contribution < -0.4 is 0 Å². The van der Waals surface area contributed by atoms with Crippen LogP contribution in [0.1, 0.15) is 0 Å². The summed E-state index contributed by atoms with van der Waals surface area (Å²) in [5, 5.41) is 24.7. The Kier molecular flexibility index (Phi) is 12.0. The molecule has 530 valence electrons. The Bertz CT molecular complexity index is 9270. The molecule has 0 aliphatic carbocycles. The van der Waals surface area contributed by atoms with Gasteiger partial charge in [-0.1, -0.05) is 237 Å². The zero-order chi connectivity index (χ0) is 74.6. The van der Waals surface area contributed by atoms with Crippen LogP contribution in [-0.4, -0.2) is 41.4 Å². The van der Waals surface area contributed by atoms with Crippen molar-refractivity contribution in [3.8, 4) is 33.4 Å². The third kappa shape index (κ3) is 8.52. The molecule has 115 heavy (non-hydrogen) atoms. The van der Waals surface area contributed by atoms with E-state index in [1.54, 1.807) is 0 Å². The van der Waals surface area contributed by atoms with E-state index in [-0.39, 0.29) is 0 Å². The van der Waals surface area contributed by atoms with E-state index in [2.05, 4.69) is 372 Å². The molecule has 0 spiro atoms. The molecule has 0 aliphatic rings. The molecule has 0 N–H and O–H groups in total. The molecule has 29 aromatic rings. The van der Waals surface area contributed by atoms with E-state index in [1.807, 2.05) is 12.1 Å². The van der Waals surface area contributed by atoms with Gasteiger partial charge in [0.05, 0.1) is 82.8 Å². The average Bonchev–Trinajstić information content (AvgIpc) is 1.54. The van der Waals surface area contributed by atoms with Crippen LogP contribution in [0.4, 0.5) is 0 Å². The number of nitrogens with zero attached hydrogens (tertiary/aromatic N) is 9. The first-order valence-electron chi connectivity index (χ1n) is 39.3. The molecule has 0 aliphatic heterocycles. The van der Waals surface area contributed by atoms with Crippen LogP contribution in [0.15, 0.2) is 362 Å². The number of hydrogen-bond acceptors (Lipinski definition) is 4. The summed E-state index contributed by atoms with van der Waals surface area (Å²) < 4.78 is 20.3. The summed E-state index contributed by atoms with van der Waals surface area (Å²) in [5.74, 6) is 2.89. The van der Waals surface area contributed by atoms with Gasteiger partial charge < -0.3 is 4.42 Å². The van der Waals surface area contributed by atoms with Crippen LogP contribution in [0, 0.1) is 0 Å². The van der Waals surface area contributed by atoms with E-state index < -0.39 is 0 Å². The monoisotopic (exact) mass is 1460 g/mol. The number of furan rings is 1. The van der Waals surface area contributed by atoms with Gasteiger partial charge in [-0.15, -0.1) is 0 Å². The number of hydrogen-bond donors (Lipinski definition) is 0. The van der Waals surface area contributed by atoms with Gasteiger partial charge in [0, 0.05) is 43.1 Å². The van der Waals surface area contributed by atoms with Crippen molar-refractivity contribution in [3.05, 3.63) is 358 Å². The minimum atomic E-state index is 0.911. The number of imidazole rings is 6. The third-order valence-electron chi connectivity index (χ3n) is 24.9. The Morgan fingerprint density at radius 2 is 0.513 bits per heavy atom. The van der Waals surface area contributed by atoms with Gasteiger partial charge in [-0.3, -0.25) is 26.4 Å². The summed E-state index contributed by atoms with van der Waals surface area (Å²) in [6.07, 6.45) is 0. The molecule has 0 fully saturated rings. The van der Waals surface area contributed by atoms with Crippen LogP contribution in [0.5, 0.6) is 0 Å². The topological polar surface area (TPSA) is 78.3 Å². The van der Waals surface area contributed by atoms with Crippen molar-refractivity contribution in [2.75, 3.05) is 0 Å². The van der Waals surface area contributed by atoms with Crippen molar-refractivity contribution in [3.63, 3.8) is 0 Å². The quantitative estimate of drug-likeness (QED) is 0.177. The van der Waals surface area contributed by atoms with Gasteiger partial charge in [0.25, 0.3) is 0 Å². The maximum atomic E-state index is 6.16. The molecule has 0 radical (unpaired) electrons.